The fraction of sp³-hybridized carbons (Fsp3) is 0.193. The van der Waals surface area contributed by atoms with Crippen LogP contribution in [0.2, 0.25) is 10.0 Å². The molecule has 0 radical (unpaired) electrons. The summed E-state index contributed by atoms with van der Waals surface area (Å²) in [7, 11) is 0. The number of carbonyl (C=O) groups is 1. The van der Waals surface area contributed by atoms with Crippen LogP contribution in [-0.4, -0.2) is 55.2 Å². The third-order valence-corrected chi connectivity index (χ3v) is 18.9. The smallest absolute Gasteiger partial charge is 0.341 e. The van der Waals surface area contributed by atoms with Gasteiger partial charge in [-0.3, -0.25) is 19.7 Å². The zero-order chi connectivity index (χ0) is 68.6. The number of hydrogen-bond donors (Lipinski definition) is 2. The number of fused-ring (bicyclic) bond motifs is 7. The predicted molar refractivity (Wildman–Crippen MR) is 403 cm³/mol. The molecule has 2 aliphatic heterocycles. The molecule has 0 fully saturated rings. The fourth-order valence-electron chi connectivity index (χ4n) is 13.4. The average Bonchev–Trinajstić information content (AvgIpc) is 1.42. The molecule has 0 spiro atoms. The Morgan fingerprint density at radius 3 is 2.10 bits per heavy atom. The van der Waals surface area contributed by atoms with Crippen molar-refractivity contribution in [2.75, 3.05) is 29.4 Å². The molecule has 13 nitrogen and oxygen atoms in total. The molecule has 12 aromatic rings. The molecule has 2 atom stereocenters. The molecule has 4 aromatic heterocycles. The van der Waals surface area contributed by atoms with Crippen LogP contribution in [-0.2, 0) is 13.0 Å². The Morgan fingerprint density at radius 1 is 0.622 bits per heavy atom. The summed E-state index contributed by atoms with van der Waals surface area (Å²) in [6, 6.07) is 66.8. The minimum Gasteiger partial charge on any atom is -0.477 e. The first-order chi connectivity index (χ1) is 47.6. The molecular formula is C83H75Cl2N7O6. The van der Waals surface area contributed by atoms with Crippen molar-refractivity contribution in [3.8, 4) is 11.3 Å². The van der Waals surface area contributed by atoms with E-state index < -0.39 is 11.4 Å². The first-order valence-electron chi connectivity index (χ1n) is 33.3. The van der Waals surface area contributed by atoms with Crippen LogP contribution in [0.1, 0.15) is 113 Å². The number of carboxylic acid groups (broad SMARTS) is 1. The highest BCUT2D eigenvalue weighted by Gasteiger charge is 2.35. The van der Waals surface area contributed by atoms with Gasteiger partial charge in [-0.25, -0.2) is 14.8 Å². The van der Waals surface area contributed by atoms with E-state index in [2.05, 4.69) is 145 Å². The molecule has 98 heavy (non-hydrogen) atoms. The van der Waals surface area contributed by atoms with E-state index in [4.69, 9.17) is 38.3 Å². The van der Waals surface area contributed by atoms with Crippen LogP contribution in [0.3, 0.4) is 0 Å². The minimum absolute atomic E-state index is 0.0473. The van der Waals surface area contributed by atoms with E-state index in [1.807, 2.05) is 115 Å². The Labute approximate surface area is 579 Å². The summed E-state index contributed by atoms with van der Waals surface area (Å²) >= 11 is 12.0. The van der Waals surface area contributed by atoms with Crippen LogP contribution < -0.4 is 20.7 Å². The molecule has 492 valence electrons. The first kappa shape index (κ1) is 67.3. The van der Waals surface area contributed by atoms with Crippen molar-refractivity contribution < 1.29 is 14.8 Å². The number of nitro groups is 1. The van der Waals surface area contributed by atoms with Crippen LogP contribution in [0, 0.1) is 24.0 Å². The number of aromatic amines is 1. The van der Waals surface area contributed by atoms with Crippen LogP contribution in [0.5, 0.6) is 0 Å². The highest BCUT2D eigenvalue weighted by Crippen LogP contribution is 2.51. The molecule has 2 unspecified atom stereocenters. The highest BCUT2D eigenvalue weighted by atomic mass is 35.5. The van der Waals surface area contributed by atoms with E-state index in [0.29, 0.717) is 21.1 Å². The van der Waals surface area contributed by atoms with Crippen LogP contribution >= 0.6 is 23.2 Å². The molecule has 8 aromatic carbocycles. The maximum atomic E-state index is 13.0. The number of halogens is 2. The van der Waals surface area contributed by atoms with E-state index >= 15 is 0 Å². The highest BCUT2D eigenvalue weighted by molar-refractivity contribution is 6.35. The van der Waals surface area contributed by atoms with E-state index in [9.17, 15) is 24.5 Å². The lowest BCUT2D eigenvalue weighted by Gasteiger charge is -2.35. The zero-order valence-corrected chi connectivity index (χ0v) is 56.9. The number of rotatable bonds is 14. The number of H-pyrrole nitrogens is 1. The molecule has 0 bridgehead atoms. The van der Waals surface area contributed by atoms with Gasteiger partial charge in [-0.05, 0) is 158 Å². The molecule has 0 saturated heterocycles. The Balaban J connectivity index is 0.000000128. The van der Waals surface area contributed by atoms with Gasteiger partial charge in [0, 0.05) is 98.8 Å². The van der Waals surface area contributed by atoms with Crippen molar-refractivity contribution in [2.24, 2.45) is 0 Å². The molecule has 3 aliphatic rings. The zero-order valence-electron chi connectivity index (χ0n) is 55.4. The van der Waals surface area contributed by atoms with Crippen molar-refractivity contribution in [3.63, 3.8) is 0 Å². The summed E-state index contributed by atoms with van der Waals surface area (Å²) in [6.07, 6.45) is 15.3. The lowest BCUT2D eigenvalue weighted by atomic mass is 9.78. The quantitative estimate of drug-likeness (QED) is 0.0790. The van der Waals surface area contributed by atoms with Crippen molar-refractivity contribution in [1.82, 2.24) is 19.5 Å². The number of nitrogens with zero attached hydrogens (tertiary/aromatic N) is 6. The van der Waals surface area contributed by atoms with Gasteiger partial charge in [0.05, 0.1) is 50.0 Å². The van der Waals surface area contributed by atoms with Gasteiger partial charge >= 0.3 is 5.97 Å². The van der Waals surface area contributed by atoms with Gasteiger partial charge in [0.1, 0.15) is 5.56 Å². The number of carboxylic acids is 1. The molecule has 6 heterocycles. The number of allylic oxidation sites excluding steroid dienone is 3. The molecule has 0 amide bonds. The van der Waals surface area contributed by atoms with Gasteiger partial charge in [0.25, 0.3) is 0 Å². The number of hydrogen-bond acceptors (Lipinski definition) is 9. The van der Waals surface area contributed by atoms with Crippen molar-refractivity contribution >= 4 is 101 Å². The minimum atomic E-state index is -1.25. The van der Waals surface area contributed by atoms with Crippen molar-refractivity contribution in [3.05, 3.63) is 322 Å². The number of anilines is 2. The number of para-hydroxylation sites is 4. The lowest BCUT2D eigenvalue weighted by molar-refractivity contribution is -0.481. The average molecular weight is 1340 g/mol. The third-order valence-electron chi connectivity index (χ3n) is 18.3. The first-order valence-corrected chi connectivity index (χ1v) is 34.1. The van der Waals surface area contributed by atoms with Gasteiger partial charge in [-0.2, -0.15) is 0 Å². The van der Waals surface area contributed by atoms with Crippen molar-refractivity contribution in [2.45, 2.75) is 85.1 Å². The van der Waals surface area contributed by atoms with Gasteiger partial charge in [-0.1, -0.05) is 188 Å². The van der Waals surface area contributed by atoms with Gasteiger partial charge in [0.2, 0.25) is 12.0 Å². The van der Waals surface area contributed by atoms with E-state index in [1.165, 1.54) is 56.1 Å². The monoisotopic (exact) mass is 1340 g/mol. The van der Waals surface area contributed by atoms with Gasteiger partial charge in [-0.15, -0.1) is 0 Å². The topological polar surface area (TPSA) is 168 Å². The largest absolute Gasteiger partial charge is 0.477 e. The second-order valence-electron chi connectivity index (χ2n) is 24.9. The SMILES string of the molecule is CCCCN1C=C(c2cccc(Cl)c2)C(C[N+](=O)[O-])c2ccccc21.CCCCn1cc(-c2ccc3ccccc3n2)c(=O)c2ccccc21.CCN1C=C(c2ccc3cc(C)ccc3n2)C(C2=CCc3ccccc32)c2cc(C)ccc21.O=C(O)c1c[nH]c2c(Cl)cccc2c1=O. The maximum Gasteiger partial charge on any atom is 0.341 e. The Hall–Kier alpha value is -10.7. The number of benzene rings is 8. The molecule has 0 saturated carbocycles. The number of pyridine rings is 4. The summed E-state index contributed by atoms with van der Waals surface area (Å²) < 4.78 is 2.19. The summed E-state index contributed by atoms with van der Waals surface area (Å²) in [5, 5.41) is 24.4. The van der Waals surface area contributed by atoms with E-state index in [-0.39, 0.29) is 39.7 Å². The molecule has 15 rings (SSSR count). The predicted octanol–water partition coefficient (Wildman–Crippen LogP) is 19.7. The normalized spacial score (nSPS) is 14.3. The summed E-state index contributed by atoms with van der Waals surface area (Å²) in [5.74, 6) is -1.36. The van der Waals surface area contributed by atoms with Crippen LogP contribution in [0.15, 0.2) is 241 Å². The standard InChI is InChI=1S/C31H28N2.C22H20N2O.C20H21ClN2O2.C10H6ClNO3/c1-4-33-19-27(29-15-12-23-17-20(2)9-14-28(23)32-29)31(26-18-21(3)10-16-30(26)33)25-13-11-22-7-5-6-8-24(22)25;1-2-3-14-24-15-18(22(25)17-9-5-7-11-21(17)24)20-13-12-16-8-4-6-10-19(16)23-20;1-2-3-11-22-13-18(15-7-6-8-16(21)12-15)19(14-23(24)25)17-9-4-5-10-20(17)22;11-7-3-1-2-5-8(7)12-4-6(9(5)13)10(14)15/h5-10,12-19,31H,4,11H2,1-3H3;4-13,15H,2-3,14H2,1H3;4-10,12-13,19H,2-3,11,14H2,1H3;1-4H,(H,12,13)(H,14,15). The summed E-state index contributed by atoms with van der Waals surface area (Å²) in [4.78, 5) is 63.6. The van der Waals surface area contributed by atoms with Crippen LogP contribution in [0.25, 0.3) is 71.6 Å². The Bertz CT molecular complexity index is 5250. The molecule has 1 aliphatic carbocycles. The third kappa shape index (κ3) is 14.4. The number of aryl methyl sites for hydroxylation is 3. The summed E-state index contributed by atoms with van der Waals surface area (Å²) in [6.45, 7) is 13.5. The van der Waals surface area contributed by atoms with Gasteiger partial charge in [0.15, 0.2) is 5.43 Å². The summed E-state index contributed by atoms with van der Waals surface area (Å²) in [5.41, 5.74) is 19.8. The second-order valence-corrected chi connectivity index (χ2v) is 25.7. The number of aromatic carboxylic acids is 1. The van der Waals surface area contributed by atoms with Crippen molar-refractivity contribution in [1.29, 1.82) is 0 Å². The van der Waals surface area contributed by atoms with Crippen LogP contribution in [0.4, 0.5) is 11.4 Å². The Kier molecular flexibility index (Phi) is 20.7. The number of nitrogens with one attached hydrogen (secondary N) is 1. The lowest BCUT2D eigenvalue weighted by Crippen LogP contribution is -2.27. The van der Waals surface area contributed by atoms with Gasteiger partial charge < -0.3 is 24.5 Å². The van der Waals surface area contributed by atoms with E-state index in [1.54, 1.807) is 12.1 Å². The van der Waals surface area contributed by atoms with E-state index in [0.717, 1.165) is 119 Å². The maximum absolute atomic E-state index is 13.0. The molecule has 2 N–H and O–H groups in total. The molecular weight excluding hydrogens is 1260 g/mol. The Morgan fingerprint density at radius 2 is 1.30 bits per heavy atom. The number of unbranched alkanes of at least 4 members (excludes halogenated alkanes) is 2. The second kappa shape index (κ2) is 30.1. The molecule has 15 heteroatoms. The number of aromatic nitrogens is 4. The fourth-order valence-corrected chi connectivity index (χ4v) is 13.8.